The lowest BCUT2D eigenvalue weighted by Gasteiger charge is -2.33. The zero-order valence-corrected chi connectivity index (χ0v) is 12.9. The Morgan fingerprint density at radius 1 is 1.35 bits per heavy atom. The zero-order chi connectivity index (χ0) is 14.5. The third-order valence-electron chi connectivity index (χ3n) is 4.65. The molecule has 1 aliphatic heterocycles. The van der Waals surface area contributed by atoms with Gasteiger partial charge in [-0.05, 0) is 43.4 Å². The Labute approximate surface area is 125 Å². The summed E-state index contributed by atoms with van der Waals surface area (Å²) in [5, 5.41) is 4.25. The first-order valence-electron chi connectivity index (χ1n) is 7.30. The zero-order valence-electron chi connectivity index (χ0n) is 12.2. The van der Waals surface area contributed by atoms with Crippen LogP contribution < -0.4 is 5.32 Å². The Balaban J connectivity index is 1.97. The number of carbonyl (C=O) groups excluding carboxylic acids is 1. The van der Waals surface area contributed by atoms with Gasteiger partial charge < -0.3 is 4.90 Å². The molecule has 1 heterocycles. The minimum atomic E-state index is -0.296. The van der Waals surface area contributed by atoms with Crippen LogP contribution in [-0.2, 0) is 4.79 Å². The van der Waals surface area contributed by atoms with E-state index < -0.39 is 0 Å². The highest BCUT2D eigenvalue weighted by atomic mass is 35.5. The molecule has 0 bridgehead atoms. The lowest BCUT2D eigenvalue weighted by Crippen LogP contribution is -2.41. The van der Waals surface area contributed by atoms with E-state index in [1.165, 1.54) is 0 Å². The molecule has 1 amide bonds. The van der Waals surface area contributed by atoms with Crippen molar-refractivity contribution in [3.8, 4) is 0 Å². The first-order valence-corrected chi connectivity index (χ1v) is 7.68. The summed E-state index contributed by atoms with van der Waals surface area (Å²) in [7, 11) is 0. The Bertz CT molecular complexity index is 539. The highest BCUT2D eigenvalue weighted by Gasteiger charge is 2.60. The van der Waals surface area contributed by atoms with Crippen LogP contribution in [0.5, 0.6) is 0 Å². The minimum Gasteiger partial charge on any atom is -0.318 e. The molecule has 1 saturated carbocycles. The SMILES string of the molecule is CC(C)C(C)N1C(=O)C2(CC2)NC1c1cccc(Cl)c1. The van der Waals surface area contributed by atoms with Crippen LogP contribution in [-0.4, -0.2) is 22.4 Å². The van der Waals surface area contributed by atoms with E-state index in [-0.39, 0.29) is 23.7 Å². The number of hydrogen-bond donors (Lipinski definition) is 1. The fourth-order valence-electron chi connectivity index (χ4n) is 2.90. The second-order valence-corrected chi connectivity index (χ2v) is 6.82. The van der Waals surface area contributed by atoms with Gasteiger partial charge in [0.1, 0.15) is 11.7 Å². The van der Waals surface area contributed by atoms with Crippen molar-refractivity contribution in [2.75, 3.05) is 0 Å². The summed E-state index contributed by atoms with van der Waals surface area (Å²) in [6.07, 6.45) is 1.84. The second-order valence-electron chi connectivity index (χ2n) is 6.38. The molecule has 108 valence electrons. The van der Waals surface area contributed by atoms with E-state index >= 15 is 0 Å². The standard InChI is InChI=1S/C16H21ClN2O/c1-10(2)11(3)19-14(12-5-4-6-13(17)9-12)18-16(7-8-16)15(19)20/h4-6,9-11,14,18H,7-8H2,1-3H3. The molecule has 0 radical (unpaired) electrons. The van der Waals surface area contributed by atoms with E-state index in [9.17, 15) is 4.79 Å². The fourth-order valence-corrected chi connectivity index (χ4v) is 3.10. The van der Waals surface area contributed by atoms with Crippen LogP contribution in [0.1, 0.15) is 45.3 Å². The Kier molecular flexibility index (Phi) is 3.30. The number of carbonyl (C=O) groups is 1. The van der Waals surface area contributed by atoms with E-state index in [4.69, 9.17) is 11.6 Å². The lowest BCUT2D eigenvalue weighted by molar-refractivity contribution is -0.133. The summed E-state index contributed by atoms with van der Waals surface area (Å²) in [4.78, 5) is 14.8. The predicted octanol–water partition coefficient (Wildman–Crippen LogP) is 3.35. The van der Waals surface area contributed by atoms with Crippen molar-refractivity contribution < 1.29 is 4.79 Å². The number of hydrogen-bond acceptors (Lipinski definition) is 2. The van der Waals surface area contributed by atoms with Gasteiger partial charge in [-0.2, -0.15) is 0 Å². The van der Waals surface area contributed by atoms with Crippen LogP contribution in [0, 0.1) is 5.92 Å². The smallest absolute Gasteiger partial charge is 0.244 e. The highest BCUT2D eigenvalue weighted by molar-refractivity contribution is 6.30. The third kappa shape index (κ3) is 2.13. The number of nitrogens with zero attached hydrogens (tertiary/aromatic N) is 1. The first kappa shape index (κ1) is 13.9. The van der Waals surface area contributed by atoms with Crippen molar-refractivity contribution in [3.63, 3.8) is 0 Å². The molecule has 1 saturated heterocycles. The van der Waals surface area contributed by atoms with Crippen LogP contribution >= 0.6 is 11.6 Å². The number of halogens is 1. The fraction of sp³-hybridized carbons (Fsp3) is 0.562. The molecular weight excluding hydrogens is 272 g/mol. The molecular formula is C16H21ClN2O. The van der Waals surface area contributed by atoms with Crippen LogP contribution in [0.4, 0.5) is 0 Å². The Morgan fingerprint density at radius 2 is 2.05 bits per heavy atom. The van der Waals surface area contributed by atoms with Gasteiger partial charge in [0, 0.05) is 11.1 Å². The monoisotopic (exact) mass is 292 g/mol. The van der Waals surface area contributed by atoms with E-state index in [1.54, 1.807) is 0 Å². The van der Waals surface area contributed by atoms with Crippen molar-refractivity contribution >= 4 is 17.5 Å². The maximum Gasteiger partial charge on any atom is 0.244 e. The van der Waals surface area contributed by atoms with Gasteiger partial charge in [0.25, 0.3) is 0 Å². The van der Waals surface area contributed by atoms with Crippen molar-refractivity contribution in [1.29, 1.82) is 0 Å². The number of amides is 1. The van der Waals surface area contributed by atoms with Gasteiger partial charge in [0.2, 0.25) is 5.91 Å². The summed E-state index contributed by atoms with van der Waals surface area (Å²) in [5.74, 6) is 0.681. The third-order valence-corrected chi connectivity index (χ3v) is 4.89. The van der Waals surface area contributed by atoms with Crippen LogP contribution in [0.25, 0.3) is 0 Å². The van der Waals surface area contributed by atoms with Crippen LogP contribution in [0.15, 0.2) is 24.3 Å². The van der Waals surface area contributed by atoms with Gasteiger partial charge in [-0.3, -0.25) is 10.1 Å². The van der Waals surface area contributed by atoms with Crippen molar-refractivity contribution in [3.05, 3.63) is 34.9 Å². The molecule has 2 atom stereocenters. The predicted molar refractivity (Wildman–Crippen MR) is 80.4 cm³/mol. The van der Waals surface area contributed by atoms with Gasteiger partial charge in [-0.25, -0.2) is 0 Å². The number of benzene rings is 1. The normalized spacial score (nSPS) is 25.6. The summed E-state index contributed by atoms with van der Waals surface area (Å²) in [5.41, 5.74) is 0.776. The molecule has 0 aromatic heterocycles. The summed E-state index contributed by atoms with van der Waals surface area (Å²) >= 11 is 6.10. The second kappa shape index (κ2) is 4.74. The minimum absolute atomic E-state index is 0.0545. The van der Waals surface area contributed by atoms with Gasteiger partial charge in [-0.1, -0.05) is 37.6 Å². The molecule has 2 aliphatic rings. The van der Waals surface area contributed by atoms with Crippen LogP contribution in [0.2, 0.25) is 5.02 Å². The maximum atomic E-state index is 12.7. The molecule has 3 rings (SSSR count). The molecule has 3 nitrogen and oxygen atoms in total. The van der Waals surface area contributed by atoms with E-state index in [1.807, 2.05) is 29.2 Å². The topological polar surface area (TPSA) is 32.3 Å². The largest absolute Gasteiger partial charge is 0.318 e. The number of nitrogens with one attached hydrogen (secondary N) is 1. The molecule has 2 fully saturated rings. The Hall–Kier alpha value is -1.06. The van der Waals surface area contributed by atoms with Gasteiger partial charge >= 0.3 is 0 Å². The molecule has 1 aromatic rings. The first-order chi connectivity index (χ1) is 9.44. The van der Waals surface area contributed by atoms with E-state index in [2.05, 4.69) is 26.1 Å². The van der Waals surface area contributed by atoms with Crippen LogP contribution in [0.3, 0.4) is 0 Å². The average Bonchev–Trinajstić information content (AvgIpc) is 3.12. The lowest BCUT2D eigenvalue weighted by atomic mass is 10.0. The summed E-state index contributed by atoms with van der Waals surface area (Å²) in [6.45, 7) is 6.44. The van der Waals surface area contributed by atoms with Crippen molar-refractivity contribution in [1.82, 2.24) is 10.2 Å². The molecule has 2 unspecified atom stereocenters. The summed E-state index contributed by atoms with van der Waals surface area (Å²) in [6, 6.07) is 8.01. The molecule has 4 heteroatoms. The van der Waals surface area contributed by atoms with E-state index in [0.29, 0.717) is 10.9 Å². The molecule has 1 spiro atoms. The molecule has 1 aliphatic carbocycles. The highest BCUT2D eigenvalue weighted by Crippen LogP contribution is 2.47. The maximum absolute atomic E-state index is 12.7. The quantitative estimate of drug-likeness (QED) is 0.926. The van der Waals surface area contributed by atoms with E-state index in [0.717, 1.165) is 18.4 Å². The van der Waals surface area contributed by atoms with Crippen molar-refractivity contribution in [2.45, 2.75) is 51.4 Å². The summed E-state index contributed by atoms with van der Waals surface area (Å²) < 4.78 is 0. The van der Waals surface area contributed by atoms with Gasteiger partial charge in [0.15, 0.2) is 0 Å². The molecule has 1 aromatic carbocycles. The van der Waals surface area contributed by atoms with Gasteiger partial charge in [-0.15, -0.1) is 0 Å². The molecule has 1 N–H and O–H groups in total. The Morgan fingerprint density at radius 3 is 2.60 bits per heavy atom. The molecule has 20 heavy (non-hydrogen) atoms. The average molecular weight is 293 g/mol. The number of rotatable bonds is 3. The van der Waals surface area contributed by atoms with Gasteiger partial charge in [0.05, 0.1) is 0 Å². The van der Waals surface area contributed by atoms with Crippen molar-refractivity contribution in [2.24, 2.45) is 5.92 Å².